The largest absolute Gasteiger partial charge is 0.310 e. The van der Waals surface area contributed by atoms with Gasteiger partial charge in [0.25, 0.3) is 0 Å². The van der Waals surface area contributed by atoms with Gasteiger partial charge in [-0.15, -0.1) is 11.3 Å². The first-order chi connectivity index (χ1) is 10.3. The molecule has 1 aromatic heterocycles. The fourth-order valence-electron chi connectivity index (χ4n) is 2.87. The van der Waals surface area contributed by atoms with Crippen LogP contribution in [0.3, 0.4) is 0 Å². The molecule has 1 unspecified atom stereocenters. The highest BCUT2D eigenvalue weighted by Crippen LogP contribution is 2.32. The maximum atomic E-state index is 3.66. The summed E-state index contributed by atoms with van der Waals surface area (Å²) in [6.45, 7) is 5.37. The molecule has 0 saturated carbocycles. The Balaban J connectivity index is 1.96. The van der Waals surface area contributed by atoms with Gasteiger partial charge in [-0.25, -0.2) is 0 Å². The van der Waals surface area contributed by atoms with Crippen molar-refractivity contribution < 1.29 is 0 Å². The number of nitrogens with one attached hydrogen (secondary N) is 1. The molecule has 3 rings (SSSR count). The van der Waals surface area contributed by atoms with Gasteiger partial charge in [-0.1, -0.05) is 49.4 Å². The minimum Gasteiger partial charge on any atom is -0.310 e. The molecule has 0 saturated heterocycles. The van der Waals surface area contributed by atoms with Crippen molar-refractivity contribution in [2.24, 2.45) is 0 Å². The van der Waals surface area contributed by atoms with Gasteiger partial charge in [-0.3, -0.25) is 0 Å². The van der Waals surface area contributed by atoms with E-state index in [1.165, 1.54) is 26.8 Å². The van der Waals surface area contributed by atoms with Crippen LogP contribution in [0.2, 0.25) is 0 Å². The number of likely N-dealkylation sites (N-methyl/N-ethyl adjacent to an activating group) is 1. The summed E-state index contributed by atoms with van der Waals surface area (Å²) >= 11 is 1.84. The van der Waals surface area contributed by atoms with Crippen LogP contribution in [0.4, 0.5) is 0 Å². The molecule has 1 heterocycles. The topological polar surface area (TPSA) is 12.0 Å². The standard InChI is InChI=1S/C19H21NS/c1-3-20-18(12-15-9-5-4-8-14(15)2)17-13-21-19-11-7-6-10-16(17)19/h4-11,13,18,20H,3,12H2,1-2H3. The highest BCUT2D eigenvalue weighted by molar-refractivity contribution is 7.17. The molecule has 2 heteroatoms. The molecule has 1 atom stereocenters. The van der Waals surface area contributed by atoms with E-state index in [1.54, 1.807) is 0 Å². The minimum absolute atomic E-state index is 0.382. The van der Waals surface area contributed by atoms with E-state index in [0.29, 0.717) is 6.04 Å². The van der Waals surface area contributed by atoms with E-state index in [0.717, 1.165) is 13.0 Å². The number of rotatable bonds is 5. The second-order valence-electron chi connectivity index (χ2n) is 5.43. The van der Waals surface area contributed by atoms with Gasteiger partial charge in [0, 0.05) is 10.7 Å². The summed E-state index contributed by atoms with van der Waals surface area (Å²) in [5, 5.41) is 7.37. The third kappa shape index (κ3) is 3.02. The smallest absolute Gasteiger partial charge is 0.0375 e. The van der Waals surface area contributed by atoms with Gasteiger partial charge >= 0.3 is 0 Å². The molecular weight excluding hydrogens is 274 g/mol. The Morgan fingerprint density at radius 1 is 1.05 bits per heavy atom. The van der Waals surface area contributed by atoms with Crippen molar-refractivity contribution in [3.63, 3.8) is 0 Å². The Bertz CT molecular complexity index is 729. The van der Waals surface area contributed by atoms with Crippen molar-refractivity contribution in [3.8, 4) is 0 Å². The maximum Gasteiger partial charge on any atom is 0.0375 e. The first kappa shape index (κ1) is 14.3. The van der Waals surface area contributed by atoms with E-state index in [9.17, 15) is 0 Å². The third-order valence-corrected chi connectivity index (χ3v) is 5.00. The van der Waals surface area contributed by atoms with Gasteiger partial charge in [0.2, 0.25) is 0 Å². The molecule has 1 nitrogen and oxygen atoms in total. The van der Waals surface area contributed by atoms with E-state index < -0.39 is 0 Å². The summed E-state index contributed by atoms with van der Waals surface area (Å²) in [4.78, 5) is 0. The zero-order chi connectivity index (χ0) is 14.7. The van der Waals surface area contributed by atoms with Crippen LogP contribution in [0.1, 0.15) is 29.7 Å². The lowest BCUT2D eigenvalue weighted by molar-refractivity contribution is 0.553. The van der Waals surface area contributed by atoms with Gasteiger partial charge in [0.15, 0.2) is 0 Å². The molecular formula is C19H21NS. The number of hydrogen-bond donors (Lipinski definition) is 1. The quantitative estimate of drug-likeness (QED) is 0.690. The molecule has 0 aliphatic carbocycles. The van der Waals surface area contributed by atoms with Gasteiger partial charge < -0.3 is 5.32 Å². The Kier molecular flexibility index (Phi) is 4.37. The van der Waals surface area contributed by atoms with Crippen molar-refractivity contribution in [1.82, 2.24) is 5.32 Å². The van der Waals surface area contributed by atoms with Crippen LogP contribution in [0.25, 0.3) is 10.1 Å². The summed E-state index contributed by atoms with van der Waals surface area (Å²) in [6.07, 6.45) is 1.04. The molecule has 0 aliphatic rings. The highest BCUT2D eigenvalue weighted by Gasteiger charge is 2.16. The summed E-state index contributed by atoms with van der Waals surface area (Å²) in [7, 11) is 0. The molecule has 3 aromatic rings. The van der Waals surface area contributed by atoms with Crippen LogP contribution in [-0.2, 0) is 6.42 Å². The van der Waals surface area contributed by atoms with Gasteiger partial charge in [0.05, 0.1) is 0 Å². The average molecular weight is 295 g/mol. The lowest BCUT2D eigenvalue weighted by atomic mass is 9.96. The van der Waals surface area contributed by atoms with Crippen LogP contribution >= 0.6 is 11.3 Å². The van der Waals surface area contributed by atoms with Crippen molar-refractivity contribution in [2.75, 3.05) is 6.54 Å². The lowest BCUT2D eigenvalue weighted by Gasteiger charge is -2.19. The number of hydrogen-bond acceptors (Lipinski definition) is 2. The zero-order valence-corrected chi connectivity index (χ0v) is 13.4. The first-order valence-electron chi connectivity index (χ1n) is 7.53. The number of fused-ring (bicyclic) bond motifs is 1. The Morgan fingerprint density at radius 3 is 2.62 bits per heavy atom. The van der Waals surface area contributed by atoms with Crippen molar-refractivity contribution in [3.05, 3.63) is 70.6 Å². The van der Waals surface area contributed by atoms with Crippen molar-refractivity contribution >= 4 is 21.4 Å². The molecule has 108 valence electrons. The van der Waals surface area contributed by atoms with Crippen LogP contribution in [-0.4, -0.2) is 6.54 Å². The van der Waals surface area contributed by atoms with Crippen LogP contribution < -0.4 is 5.32 Å². The third-order valence-electron chi connectivity index (χ3n) is 4.02. The number of aryl methyl sites for hydroxylation is 1. The van der Waals surface area contributed by atoms with Crippen LogP contribution in [0.5, 0.6) is 0 Å². The second-order valence-corrected chi connectivity index (χ2v) is 6.34. The molecule has 1 N–H and O–H groups in total. The van der Waals surface area contributed by atoms with Crippen LogP contribution in [0, 0.1) is 6.92 Å². The fourth-order valence-corrected chi connectivity index (χ4v) is 3.88. The molecule has 2 aromatic carbocycles. The number of thiophene rings is 1. The van der Waals surface area contributed by atoms with Gasteiger partial charge in [-0.05, 0) is 53.4 Å². The molecule has 0 aliphatic heterocycles. The summed E-state index contributed by atoms with van der Waals surface area (Å²) in [6, 6.07) is 17.8. The summed E-state index contributed by atoms with van der Waals surface area (Å²) in [5.41, 5.74) is 4.24. The Morgan fingerprint density at radius 2 is 1.81 bits per heavy atom. The molecule has 0 bridgehead atoms. The Labute approximate surface area is 130 Å². The van der Waals surface area contributed by atoms with Crippen molar-refractivity contribution in [1.29, 1.82) is 0 Å². The monoisotopic (exact) mass is 295 g/mol. The molecule has 0 amide bonds. The zero-order valence-electron chi connectivity index (χ0n) is 12.6. The molecule has 21 heavy (non-hydrogen) atoms. The van der Waals surface area contributed by atoms with E-state index in [2.05, 4.69) is 73.1 Å². The van der Waals surface area contributed by atoms with Crippen LogP contribution in [0.15, 0.2) is 53.9 Å². The summed E-state index contributed by atoms with van der Waals surface area (Å²) < 4.78 is 1.38. The highest BCUT2D eigenvalue weighted by atomic mass is 32.1. The Hall–Kier alpha value is -1.64. The number of benzene rings is 2. The molecule has 0 radical (unpaired) electrons. The van der Waals surface area contributed by atoms with E-state index in [-0.39, 0.29) is 0 Å². The average Bonchev–Trinajstić information content (AvgIpc) is 2.93. The van der Waals surface area contributed by atoms with E-state index in [4.69, 9.17) is 0 Å². The van der Waals surface area contributed by atoms with E-state index >= 15 is 0 Å². The predicted molar refractivity (Wildman–Crippen MR) is 93.1 cm³/mol. The molecule has 0 fully saturated rings. The maximum absolute atomic E-state index is 3.66. The predicted octanol–water partition coefficient (Wildman–Crippen LogP) is 5.10. The molecule has 0 spiro atoms. The minimum atomic E-state index is 0.382. The first-order valence-corrected chi connectivity index (χ1v) is 8.41. The SMILES string of the molecule is CCNC(Cc1ccccc1C)c1csc2ccccc12. The van der Waals surface area contributed by atoms with Gasteiger partial charge in [0.1, 0.15) is 0 Å². The normalized spacial score (nSPS) is 12.7. The van der Waals surface area contributed by atoms with E-state index in [1.807, 2.05) is 11.3 Å². The second kappa shape index (κ2) is 6.42. The van der Waals surface area contributed by atoms with Gasteiger partial charge in [-0.2, -0.15) is 0 Å². The fraction of sp³-hybridized carbons (Fsp3) is 0.263. The summed E-state index contributed by atoms with van der Waals surface area (Å²) in [5.74, 6) is 0. The van der Waals surface area contributed by atoms with Crippen molar-refractivity contribution in [2.45, 2.75) is 26.3 Å². The lowest BCUT2D eigenvalue weighted by Crippen LogP contribution is -2.23.